The molecule has 0 aromatic rings. The highest BCUT2D eigenvalue weighted by Gasteiger charge is 2.26. The maximum absolute atomic E-state index is 10.5. The van der Waals surface area contributed by atoms with Crippen LogP contribution in [0.4, 0.5) is 0 Å². The molecule has 1 unspecified atom stereocenters. The van der Waals surface area contributed by atoms with Crippen LogP contribution in [0.25, 0.3) is 0 Å². The Bertz CT molecular complexity index is 223. The molecule has 1 atom stereocenters. The molecule has 0 bridgehead atoms. The van der Waals surface area contributed by atoms with Crippen molar-refractivity contribution in [2.75, 3.05) is 20.2 Å². The Morgan fingerprint density at radius 1 is 1.57 bits per heavy atom. The Labute approximate surface area is 88.5 Å². The van der Waals surface area contributed by atoms with Crippen LogP contribution in [-0.4, -0.2) is 41.5 Å². The summed E-state index contributed by atoms with van der Waals surface area (Å²) in [6.45, 7) is 1.82. The minimum Gasteiger partial charge on any atom is -0.481 e. The lowest BCUT2D eigenvalue weighted by Crippen LogP contribution is -2.42. The number of aliphatic carboxylic acids is 1. The predicted octanol–water partition coefficient (Wildman–Crippen LogP) is -0.446. The second-order valence-electron chi connectivity index (χ2n) is 3.47. The van der Waals surface area contributed by atoms with E-state index in [0.29, 0.717) is 11.7 Å². The van der Waals surface area contributed by atoms with Gasteiger partial charge in [-0.15, -0.1) is 0 Å². The van der Waals surface area contributed by atoms with E-state index >= 15 is 0 Å². The predicted molar refractivity (Wildman–Crippen MR) is 57.1 cm³/mol. The van der Waals surface area contributed by atoms with Gasteiger partial charge in [0.1, 0.15) is 0 Å². The van der Waals surface area contributed by atoms with Gasteiger partial charge in [0.15, 0.2) is 5.11 Å². The van der Waals surface area contributed by atoms with Crippen molar-refractivity contribution in [3.63, 3.8) is 0 Å². The van der Waals surface area contributed by atoms with Crippen LogP contribution in [0.3, 0.4) is 0 Å². The summed E-state index contributed by atoms with van der Waals surface area (Å²) in [5.41, 5.74) is -0.688. The average Bonchev–Trinajstić information content (AvgIpc) is 2.13. The topological polar surface area (TPSA) is 81.6 Å². The summed E-state index contributed by atoms with van der Waals surface area (Å²) in [6.07, 6.45) is -0.0944. The van der Waals surface area contributed by atoms with Gasteiger partial charge >= 0.3 is 5.97 Å². The molecule has 0 aliphatic carbocycles. The smallest absolute Gasteiger partial charge is 0.304 e. The molecule has 6 heteroatoms. The van der Waals surface area contributed by atoms with Crippen LogP contribution in [-0.2, 0) is 4.79 Å². The van der Waals surface area contributed by atoms with Gasteiger partial charge in [0, 0.05) is 19.0 Å². The molecular formula is C8H16N2O3S. The Morgan fingerprint density at radius 3 is 2.50 bits per heavy atom. The number of carboxylic acids is 1. The van der Waals surface area contributed by atoms with Crippen LogP contribution in [0.1, 0.15) is 13.3 Å². The molecular weight excluding hydrogens is 204 g/mol. The van der Waals surface area contributed by atoms with Gasteiger partial charge in [0.05, 0.1) is 13.0 Å². The fourth-order valence-electron chi connectivity index (χ4n) is 0.921. The summed E-state index contributed by atoms with van der Waals surface area (Å²) in [5.74, 6) is -0.932. The first kappa shape index (κ1) is 13.1. The average molecular weight is 220 g/mol. The summed E-state index contributed by atoms with van der Waals surface area (Å²) < 4.78 is 0. The highest BCUT2D eigenvalue weighted by atomic mass is 32.1. The highest BCUT2D eigenvalue weighted by Crippen LogP contribution is 2.18. The number of aliphatic hydroxyl groups is 1. The zero-order valence-corrected chi connectivity index (χ0v) is 9.15. The molecule has 0 aromatic carbocycles. The van der Waals surface area contributed by atoms with E-state index in [0.717, 1.165) is 0 Å². The lowest BCUT2D eigenvalue weighted by Gasteiger charge is -2.26. The minimum absolute atomic E-state index is 0.0944. The summed E-state index contributed by atoms with van der Waals surface area (Å²) in [7, 11) is 1.67. The van der Waals surface area contributed by atoms with E-state index < -0.39 is 11.4 Å². The van der Waals surface area contributed by atoms with E-state index in [1.165, 1.54) is 0 Å². The van der Waals surface area contributed by atoms with Gasteiger partial charge in [-0.05, 0) is 12.2 Å². The molecule has 0 aliphatic rings. The van der Waals surface area contributed by atoms with Gasteiger partial charge in [0.2, 0.25) is 0 Å². The summed E-state index contributed by atoms with van der Waals surface area (Å²) in [6, 6.07) is 0. The van der Waals surface area contributed by atoms with E-state index in [-0.39, 0.29) is 13.0 Å². The molecule has 82 valence electrons. The first-order valence-electron chi connectivity index (χ1n) is 4.22. The third kappa shape index (κ3) is 4.98. The van der Waals surface area contributed by atoms with Crippen molar-refractivity contribution in [1.29, 1.82) is 0 Å². The zero-order valence-electron chi connectivity index (χ0n) is 8.33. The Balaban J connectivity index is 4.11. The molecule has 0 radical (unpaired) electrons. The van der Waals surface area contributed by atoms with Crippen molar-refractivity contribution in [3.8, 4) is 0 Å². The maximum Gasteiger partial charge on any atom is 0.304 e. The van der Waals surface area contributed by atoms with Crippen LogP contribution in [0, 0.1) is 5.41 Å². The fourth-order valence-corrected chi connectivity index (χ4v) is 0.994. The van der Waals surface area contributed by atoms with E-state index in [1.807, 2.05) is 0 Å². The first-order chi connectivity index (χ1) is 6.43. The van der Waals surface area contributed by atoms with E-state index in [2.05, 4.69) is 10.6 Å². The Morgan fingerprint density at radius 2 is 2.14 bits per heavy atom. The van der Waals surface area contributed by atoms with Crippen molar-refractivity contribution in [3.05, 3.63) is 0 Å². The molecule has 0 spiro atoms. The Kier molecular flexibility index (Phi) is 5.40. The first-order valence-corrected chi connectivity index (χ1v) is 4.62. The van der Waals surface area contributed by atoms with Crippen molar-refractivity contribution in [1.82, 2.24) is 10.6 Å². The van der Waals surface area contributed by atoms with Crippen LogP contribution in [0.15, 0.2) is 0 Å². The largest absolute Gasteiger partial charge is 0.481 e. The normalized spacial score (nSPS) is 14.2. The van der Waals surface area contributed by atoms with E-state index in [4.69, 9.17) is 22.4 Å². The molecule has 0 aliphatic heterocycles. The molecule has 0 saturated carbocycles. The number of hydrogen-bond acceptors (Lipinski definition) is 3. The van der Waals surface area contributed by atoms with Crippen molar-refractivity contribution >= 4 is 23.3 Å². The van der Waals surface area contributed by atoms with Gasteiger partial charge in [-0.25, -0.2) is 0 Å². The van der Waals surface area contributed by atoms with Gasteiger partial charge in [-0.1, -0.05) is 6.92 Å². The molecule has 0 saturated heterocycles. The molecule has 5 nitrogen and oxygen atoms in total. The number of hydrogen-bond donors (Lipinski definition) is 4. The van der Waals surface area contributed by atoms with Gasteiger partial charge in [-0.3, -0.25) is 4.79 Å². The third-order valence-corrected chi connectivity index (χ3v) is 2.21. The van der Waals surface area contributed by atoms with E-state index in [9.17, 15) is 4.79 Å². The highest BCUT2D eigenvalue weighted by molar-refractivity contribution is 7.80. The van der Waals surface area contributed by atoms with Crippen LogP contribution < -0.4 is 10.6 Å². The van der Waals surface area contributed by atoms with Crippen LogP contribution in [0.5, 0.6) is 0 Å². The van der Waals surface area contributed by atoms with Gasteiger partial charge < -0.3 is 20.8 Å². The summed E-state index contributed by atoms with van der Waals surface area (Å²) >= 11 is 4.83. The number of aliphatic hydroxyl groups excluding tert-OH is 1. The summed E-state index contributed by atoms with van der Waals surface area (Å²) in [5, 5.41) is 23.6. The summed E-state index contributed by atoms with van der Waals surface area (Å²) in [4.78, 5) is 10.5. The van der Waals surface area contributed by atoms with Crippen molar-refractivity contribution in [2.45, 2.75) is 13.3 Å². The van der Waals surface area contributed by atoms with Crippen LogP contribution >= 0.6 is 12.2 Å². The quantitative estimate of drug-likeness (QED) is 0.470. The van der Waals surface area contributed by atoms with Crippen molar-refractivity contribution < 1.29 is 15.0 Å². The molecule has 0 rings (SSSR count). The molecule has 0 fully saturated rings. The molecule has 0 amide bonds. The number of nitrogens with one attached hydrogen (secondary N) is 2. The SMILES string of the molecule is CNC(=S)NCC(C)(CO)CC(=O)O. The monoisotopic (exact) mass is 220 g/mol. The van der Waals surface area contributed by atoms with Gasteiger partial charge in [0.25, 0.3) is 0 Å². The second-order valence-corrected chi connectivity index (χ2v) is 3.88. The van der Waals surface area contributed by atoms with Crippen LogP contribution in [0.2, 0.25) is 0 Å². The number of thiocarbonyl (C=S) groups is 1. The molecule has 4 N–H and O–H groups in total. The molecule has 0 heterocycles. The number of rotatable bonds is 5. The Hall–Kier alpha value is -0.880. The molecule has 0 aromatic heterocycles. The standard InChI is InChI=1S/C8H16N2O3S/c1-8(5-11,3-6(12)13)4-10-7(14)9-2/h11H,3-5H2,1-2H3,(H,12,13)(H2,9,10,14). The maximum atomic E-state index is 10.5. The number of carbonyl (C=O) groups is 1. The minimum atomic E-state index is -0.932. The lowest BCUT2D eigenvalue weighted by molar-refractivity contribution is -0.140. The third-order valence-electron chi connectivity index (χ3n) is 1.86. The molecule has 14 heavy (non-hydrogen) atoms. The second kappa shape index (κ2) is 5.77. The number of carboxylic acid groups (broad SMARTS) is 1. The lowest BCUT2D eigenvalue weighted by atomic mass is 9.88. The zero-order chi connectivity index (χ0) is 11.2. The van der Waals surface area contributed by atoms with Crippen molar-refractivity contribution in [2.24, 2.45) is 5.41 Å². The van der Waals surface area contributed by atoms with Gasteiger partial charge in [-0.2, -0.15) is 0 Å². The van der Waals surface area contributed by atoms with E-state index in [1.54, 1.807) is 14.0 Å². The fraction of sp³-hybridized carbons (Fsp3) is 0.750.